The molecule has 130 valence electrons. The molecule has 0 bridgehead atoms. The Morgan fingerprint density at radius 1 is 1.08 bits per heavy atom. The second-order valence-electron chi connectivity index (χ2n) is 6.00. The zero-order valence-corrected chi connectivity index (χ0v) is 16.0. The molecule has 0 unspecified atom stereocenters. The van der Waals surface area contributed by atoms with Crippen molar-refractivity contribution >= 4 is 23.8 Å². The number of aromatic nitrogens is 3. The van der Waals surface area contributed by atoms with Crippen LogP contribution in [0.1, 0.15) is 12.5 Å². The lowest BCUT2D eigenvalue weighted by Gasteiger charge is -2.16. The molecule has 0 amide bonds. The molecule has 0 fully saturated rings. The fourth-order valence-corrected chi connectivity index (χ4v) is 3.24. The Kier molecular flexibility index (Phi) is 5.68. The van der Waals surface area contributed by atoms with E-state index in [1.54, 1.807) is 0 Å². The first kappa shape index (κ1) is 17.9. The Balaban J connectivity index is 1.85. The fraction of sp³-hybridized carbons (Fsp3) is 0.263. The third-order valence-electron chi connectivity index (χ3n) is 4.01. The molecular weight excluding hydrogens is 352 g/mol. The second kappa shape index (κ2) is 7.95. The van der Waals surface area contributed by atoms with Crippen molar-refractivity contribution in [3.05, 3.63) is 70.0 Å². The normalized spacial score (nSPS) is 11.2. The third kappa shape index (κ3) is 4.18. The Morgan fingerprint density at radius 2 is 1.76 bits per heavy atom. The van der Waals surface area contributed by atoms with Gasteiger partial charge in [0.05, 0.1) is 6.67 Å². The van der Waals surface area contributed by atoms with Gasteiger partial charge in [-0.2, -0.15) is 5.10 Å². The van der Waals surface area contributed by atoms with Crippen molar-refractivity contribution in [2.75, 3.05) is 7.05 Å². The molecule has 3 rings (SSSR count). The Labute approximate surface area is 158 Å². The number of hydrogen-bond acceptors (Lipinski definition) is 3. The topological polar surface area (TPSA) is 26.0 Å². The highest BCUT2D eigenvalue weighted by Gasteiger charge is 2.13. The number of hydrogen-bond donors (Lipinski definition) is 0. The maximum atomic E-state index is 6.00. The second-order valence-corrected chi connectivity index (χ2v) is 6.80. The molecule has 0 aliphatic heterocycles. The van der Waals surface area contributed by atoms with E-state index < -0.39 is 0 Å². The largest absolute Gasteiger partial charge is 0.300 e. The van der Waals surface area contributed by atoms with Gasteiger partial charge in [0.25, 0.3) is 0 Å². The van der Waals surface area contributed by atoms with Crippen LogP contribution < -0.4 is 0 Å². The third-order valence-corrected chi connectivity index (χ3v) is 4.70. The van der Waals surface area contributed by atoms with E-state index in [4.69, 9.17) is 28.9 Å². The summed E-state index contributed by atoms with van der Waals surface area (Å²) >= 11 is 11.6. The lowest BCUT2D eigenvalue weighted by molar-refractivity contribution is 0.244. The highest BCUT2D eigenvalue weighted by molar-refractivity contribution is 7.71. The van der Waals surface area contributed by atoms with Crippen molar-refractivity contribution in [1.29, 1.82) is 0 Å². The van der Waals surface area contributed by atoms with Crippen LogP contribution in [0.4, 0.5) is 0 Å². The molecule has 25 heavy (non-hydrogen) atoms. The minimum absolute atomic E-state index is 0.640. The summed E-state index contributed by atoms with van der Waals surface area (Å²) in [5, 5.41) is 5.47. The van der Waals surface area contributed by atoms with E-state index >= 15 is 0 Å². The van der Waals surface area contributed by atoms with Crippen LogP contribution in [0.15, 0.2) is 54.6 Å². The zero-order valence-electron chi connectivity index (χ0n) is 14.4. The van der Waals surface area contributed by atoms with Gasteiger partial charge in [-0.15, -0.1) is 0 Å². The predicted octanol–water partition coefficient (Wildman–Crippen LogP) is 4.84. The number of benzene rings is 2. The fourth-order valence-electron chi connectivity index (χ4n) is 2.80. The van der Waals surface area contributed by atoms with Crippen molar-refractivity contribution in [3.63, 3.8) is 0 Å². The number of nitrogens with zero attached hydrogens (tertiary/aromatic N) is 4. The van der Waals surface area contributed by atoms with Crippen molar-refractivity contribution in [1.82, 2.24) is 19.2 Å². The van der Waals surface area contributed by atoms with Gasteiger partial charge < -0.3 is 4.57 Å². The van der Waals surface area contributed by atoms with Gasteiger partial charge in [-0.3, -0.25) is 4.90 Å². The molecule has 3 aromatic rings. The molecule has 4 nitrogen and oxygen atoms in total. The summed E-state index contributed by atoms with van der Waals surface area (Å²) in [6.07, 6.45) is 0. The Morgan fingerprint density at radius 3 is 2.40 bits per heavy atom. The summed E-state index contributed by atoms with van der Waals surface area (Å²) in [6.45, 7) is 4.34. The van der Waals surface area contributed by atoms with Crippen LogP contribution in [0.3, 0.4) is 0 Å². The Hall–Kier alpha value is -1.95. The smallest absolute Gasteiger partial charge is 0.199 e. The van der Waals surface area contributed by atoms with E-state index in [2.05, 4.69) is 47.7 Å². The highest BCUT2D eigenvalue weighted by atomic mass is 35.5. The SMILES string of the molecule is CCn1c(-c2ccc(Cl)cc2)nn(CN(C)Cc2ccccc2)c1=S. The van der Waals surface area contributed by atoms with Crippen LogP contribution >= 0.6 is 23.8 Å². The average Bonchev–Trinajstić information content (AvgIpc) is 2.92. The van der Waals surface area contributed by atoms with Gasteiger partial charge in [0.15, 0.2) is 10.6 Å². The van der Waals surface area contributed by atoms with Crippen molar-refractivity contribution in [2.24, 2.45) is 0 Å². The molecule has 0 saturated heterocycles. The minimum Gasteiger partial charge on any atom is -0.300 e. The molecule has 1 aromatic heterocycles. The number of halogens is 1. The standard InChI is InChI=1S/C19H21ClN4S/c1-3-23-18(16-9-11-17(20)12-10-16)21-24(19(23)25)14-22(2)13-15-7-5-4-6-8-15/h4-12H,3,13-14H2,1-2H3. The molecular formula is C19H21ClN4S. The molecule has 0 spiro atoms. The molecule has 2 aromatic carbocycles. The lowest BCUT2D eigenvalue weighted by atomic mass is 10.2. The van der Waals surface area contributed by atoms with Crippen molar-refractivity contribution < 1.29 is 0 Å². The van der Waals surface area contributed by atoms with Crippen LogP contribution in [0.25, 0.3) is 11.4 Å². The molecule has 0 N–H and O–H groups in total. The van der Waals surface area contributed by atoms with Crippen LogP contribution in [0.2, 0.25) is 5.02 Å². The van der Waals surface area contributed by atoms with Crippen LogP contribution in [-0.2, 0) is 19.8 Å². The molecule has 1 heterocycles. The molecule has 6 heteroatoms. The summed E-state index contributed by atoms with van der Waals surface area (Å²) < 4.78 is 4.66. The molecule has 0 radical (unpaired) electrons. The van der Waals surface area contributed by atoms with Crippen LogP contribution in [0, 0.1) is 4.77 Å². The first-order valence-electron chi connectivity index (χ1n) is 8.24. The van der Waals surface area contributed by atoms with Crippen LogP contribution in [-0.4, -0.2) is 26.3 Å². The van der Waals surface area contributed by atoms with Gasteiger partial charge >= 0.3 is 0 Å². The van der Waals surface area contributed by atoms with Gasteiger partial charge in [0.2, 0.25) is 0 Å². The van der Waals surface area contributed by atoms with Crippen LogP contribution in [0.5, 0.6) is 0 Å². The molecule has 0 atom stereocenters. The van der Waals surface area contributed by atoms with E-state index in [0.29, 0.717) is 11.7 Å². The number of rotatable bonds is 6. The van der Waals surface area contributed by atoms with Gasteiger partial charge in [-0.05, 0) is 56.0 Å². The van der Waals surface area contributed by atoms with Gasteiger partial charge in [0, 0.05) is 23.7 Å². The summed E-state index contributed by atoms with van der Waals surface area (Å²) in [7, 11) is 2.07. The van der Waals surface area contributed by atoms with E-state index in [1.165, 1.54) is 5.56 Å². The zero-order chi connectivity index (χ0) is 17.8. The highest BCUT2D eigenvalue weighted by Crippen LogP contribution is 2.21. The van der Waals surface area contributed by atoms with E-state index in [-0.39, 0.29) is 0 Å². The van der Waals surface area contributed by atoms with E-state index in [1.807, 2.05) is 35.0 Å². The van der Waals surface area contributed by atoms with Crippen molar-refractivity contribution in [2.45, 2.75) is 26.7 Å². The first-order valence-corrected chi connectivity index (χ1v) is 9.03. The lowest BCUT2D eigenvalue weighted by Crippen LogP contribution is -2.22. The summed E-state index contributed by atoms with van der Waals surface area (Å²) in [6, 6.07) is 18.1. The van der Waals surface area contributed by atoms with Crippen molar-refractivity contribution in [3.8, 4) is 11.4 Å². The Bertz CT molecular complexity index is 884. The molecule has 0 aliphatic carbocycles. The maximum Gasteiger partial charge on any atom is 0.199 e. The summed E-state index contributed by atoms with van der Waals surface area (Å²) in [4.78, 5) is 2.20. The quantitative estimate of drug-likeness (QED) is 0.579. The van der Waals surface area contributed by atoms with E-state index in [0.717, 1.165) is 29.2 Å². The monoisotopic (exact) mass is 372 g/mol. The van der Waals surface area contributed by atoms with E-state index in [9.17, 15) is 0 Å². The van der Waals surface area contributed by atoms with Gasteiger partial charge in [-0.25, -0.2) is 4.68 Å². The van der Waals surface area contributed by atoms with Gasteiger partial charge in [0.1, 0.15) is 0 Å². The summed E-state index contributed by atoms with van der Waals surface area (Å²) in [5.41, 5.74) is 2.28. The maximum absolute atomic E-state index is 6.00. The molecule has 0 aliphatic rings. The minimum atomic E-state index is 0.640. The predicted molar refractivity (Wildman–Crippen MR) is 105 cm³/mol. The van der Waals surface area contributed by atoms with Gasteiger partial charge in [-0.1, -0.05) is 41.9 Å². The summed E-state index contributed by atoms with van der Waals surface area (Å²) in [5.74, 6) is 0.872. The average molecular weight is 373 g/mol. The first-order chi connectivity index (χ1) is 12.1. The molecule has 0 saturated carbocycles.